The van der Waals surface area contributed by atoms with Crippen LogP contribution in [0, 0.1) is 6.92 Å². The second-order valence-electron chi connectivity index (χ2n) is 4.43. The molecule has 82 valence electrons. The van der Waals surface area contributed by atoms with Crippen molar-refractivity contribution in [1.29, 1.82) is 0 Å². The minimum absolute atomic E-state index is 0.677. The lowest BCUT2D eigenvalue weighted by Gasteiger charge is -2.36. The monoisotopic (exact) mass is 206 g/mol. The highest BCUT2D eigenvalue weighted by Crippen LogP contribution is 2.31. The van der Waals surface area contributed by atoms with E-state index in [2.05, 4.69) is 6.92 Å². The van der Waals surface area contributed by atoms with E-state index in [1.165, 1.54) is 5.56 Å². The van der Waals surface area contributed by atoms with E-state index in [0.717, 1.165) is 18.7 Å². The summed E-state index contributed by atoms with van der Waals surface area (Å²) in [7, 11) is 0. The highest BCUT2D eigenvalue weighted by Gasteiger charge is 2.32. The van der Waals surface area contributed by atoms with Gasteiger partial charge in [0.05, 0.1) is 5.60 Å². The number of nitrogens with two attached hydrogens (primary N) is 1. The Labute approximate surface area is 90.5 Å². The Morgan fingerprint density at radius 1 is 1.20 bits per heavy atom. The van der Waals surface area contributed by atoms with E-state index in [0.29, 0.717) is 12.8 Å². The van der Waals surface area contributed by atoms with E-state index in [-0.39, 0.29) is 0 Å². The van der Waals surface area contributed by atoms with Crippen molar-refractivity contribution in [3.05, 3.63) is 35.4 Å². The second kappa shape index (κ2) is 3.93. The van der Waals surface area contributed by atoms with E-state index in [1.54, 1.807) is 5.01 Å². The molecule has 2 rings (SSSR count). The van der Waals surface area contributed by atoms with Gasteiger partial charge in [-0.05, 0) is 25.3 Å². The quantitative estimate of drug-likeness (QED) is 0.678. The minimum Gasteiger partial charge on any atom is -0.385 e. The molecular formula is C12H18N2O. The number of piperidine rings is 1. The van der Waals surface area contributed by atoms with Crippen LogP contribution in [0.1, 0.15) is 24.0 Å². The molecule has 1 saturated heterocycles. The summed E-state index contributed by atoms with van der Waals surface area (Å²) >= 11 is 0. The number of hydrazine groups is 1. The first-order chi connectivity index (χ1) is 7.10. The van der Waals surface area contributed by atoms with Crippen molar-refractivity contribution >= 4 is 0 Å². The van der Waals surface area contributed by atoms with E-state index >= 15 is 0 Å². The predicted octanol–water partition coefficient (Wildman–Crippen LogP) is 1.15. The lowest BCUT2D eigenvalue weighted by atomic mass is 9.84. The molecule has 0 bridgehead atoms. The molecule has 1 aromatic rings. The van der Waals surface area contributed by atoms with Crippen LogP contribution in [0.15, 0.2) is 24.3 Å². The van der Waals surface area contributed by atoms with Crippen LogP contribution in [0.4, 0.5) is 0 Å². The van der Waals surface area contributed by atoms with Crippen LogP contribution in [-0.4, -0.2) is 23.2 Å². The van der Waals surface area contributed by atoms with Crippen LogP contribution in [-0.2, 0) is 5.60 Å². The first-order valence-electron chi connectivity index (χ1n) is 5.39. The normalized spacial score (nSPS) is 21.5. The average Bonchev–Trinajstić information content (AvgIpc) is 2.24. The van der Waals surface area contributed by atoms with E-state index in [9.17, 15) is 5.11 Å². The summed E-state index contributed by atoms with van der Waals surface area (Å²) in [6.07, 6.45) is 1.43. The first-order valence-corrected chi connectivity index (χ1v) is 5.39. The average molecular weight is 206 g/mol. The van der Waals surface area contributed by atoms with Crippen molar-refractivity contribution in [3.63, 3.8) is 0 Å². The molecule has 0 aromatic heterocycles. The third kappa shape index (κ3) is 2.20. The molecule has 3 heteroatoms. The van der Waals surface area contributed by atoms with Gasteiger partial charge in [-0.15, -0.1) is 0 Å². The molecule has 1 aliphatic rings. The molecule has 1 heterocycles. The molecule has 1 aromatic carbocycles. The van der Waals surface area contributed by atoms with Crippen molar-refractivity contribution in [1.82, 2.24) is 5.01 Å². The Morgan fingerprint density at radius 2 is 1.73 bits per heavy atom. The zero-order chi connectivity index (χ0) is 10.9. The molecule has 0 radical (unpaired) electrons. The third-order valence-electron chi connectivity index (χ3n) is 3.21. The Balaban J connectivity index is 2.18. The highest BCUT2D eigenvalue weighted by molar-refractivity contribution is 5.27. The molecule has 3 N–H and O–H groups in total. The van der Waals surface area contributed by atoms with Gasteiger partial charge in [0, 0.05) is 13.1 Å². The lowest BCUT2D eigenvalue weighted by Crippen LogP contribution is -2.45. The molecule has 0 unspecified atom stereocenters. The fraction of sp³-hybridized carbons (Fsp3) is 0.500. The maximum absolute atomic E-state index is 10.5. The first kappa shape index (κ1) is 10.6. The lowest BCUT2D eigenvalue weighted by molar-refractivity contribution is -0.0261. The van der Waals surface area contributed by atoms with Crippen molar-refractivity contribution in [2.75, 3.05) is 13.1 Å². The number of aryl methyl sites for hydroxylation is 1. The summed E-state index contributed by atoms with van der Waals surface area (Å²) in [6, 6.07) is 8.12. The van der Waals surface area contributed by atoms with Gasteiger partial charge in [-0.1, -0.05) is 29.8 Å². The molecule has 1 fully saturated rings. The van der Waals surface area contributed by atoms with Gasteiger partial charge in [0.15, 0.2) is 0 Å². The summed E-state index contributed by atoms with van der Waals surface area (Å²) in [4.78, 5) is 0. The molecule has 1 aliphatic heterocycles. The predicted molar refractivity (Wildman–Crippen MR) is 60.1 cm³/mol. The van der Waals surface area contributed by atoms with Gasteiger partial charge >= 0.3 is 0 Å². The number of hydrogen-bond acceptors (Lipinski definition) is 3. The molecule has 0 atom stereocenters. The molecule has 15 heavy (non-hydrogen) atoms. The van der Waals surface area contributed by atoms with Gasteiger partial charge in [-0.2, -0.15) is 0 Å². The standard InChI is InChI=1S/C12H18N2O/c1-10-2-4-11(5-3-10)12(15)6-8-14(13)9-7-12/h2-5,15H,6-9,13H2,1H3. The van der Waals surface area contributed by atoms with Crippen LogP contribution < -0.4 is 5.84 Å². The maximum atomic E-state index is 10.5. The Morgan fingerprint density at radius 3 is 2.27 bits per heavy atom. The molecule has 0 saturated carbocycles. The van der Waals surface area contributed by atoms with Crippen molar-refractivity contribution < 1.29 is 5.11 Å². The van der Waals surface area contributed by atoms with Crippen LogP contribution >= 0.6 is 0 Å². The zero-order valence-electron chi connectivity index (χ0n) is 9.11. The van der Waals surface area contributed by atoms with Crippen molar-refractivity contribution in [2.45, 2.75) is 25.4 Å². The van der Waals surface area contributed by atoms with Crippen LogP contribution in [0.2, 0.25) is 0 Å². The fourth-order valence-electron chi connectivity index (χ4n) is 2.05. The Bertz CT molecular complexity index is 326. The van der Waals surface area contributed by atoms with Gasteiger partial charge in [-0.3, -0.25) is 5.84 Å². The summed E-state index contributed by atoms with van der Waals surface area (Å²) in [6.45, 7) is 3.56. The Kier molecular flexibility index (Phi) is 2.78. The molecule has 0 amide bonds. The number of rotatable bonds is 1. The van der Waals surface area contributed by atoms with Gasteiger partial charge < -0.3 is 5.11 Å². The van der Waals surface area contributed by atoms with Crippen molar-refractivity contribution in [3.8, 4) is 0 Å². The van der Waals surface area contributed by atoms with E-state index in [4.69, 9.17) is 5.84 Å². The van der Waals surface area contributed by atoms with Gasteiger partial charge in [-0.25, -0.2) is 5.01 Å². The fourth-order valence-corrected chi connectivity index (χ4v) is 2.05. The smallest absolute Gasteiger partial charge is 0.0922 e. The highest BCUT2D eigenvalue weighted by atomic mass is 16.3. The molecule has 3 nitrogen and oxygen atoms in total. The topological polar surface area (TPSA) is 49.5 Å². The van der Waals surface area contributed by atoms with E-state index < -0.39 is 5.60 Å². The minimum atomic E-state index is -0.677. The van der Waals surface area contributed by atoms with Crippen molar-refractivity contribution in [2.24, 2.45) is 5.84 Å². The number of benzene rings is 1. The molecular weight excluding hydrogens is 188 g/mol. The zero-order valence-corrected chi connectivity index (χ0v) is 9.11. The number of nitrogens with zero attached hydrogens (tertiary/aromatic N) is 1. The van der Waals surface area contributed by atoms with Gasteiger partial charge in [0.25, 0.3) is 0 Å². The summed E-state index contributed by atoms with van der Waals surface area (Å²) in [5.74, 6) is 5.68. The van der Waals surface area contributed by atoms with Crippen LogP contribution in [0.5, 0.6) is 0 Å². The SMILES string of the molecule is Cc1ccc(C2(O)CCN(N)CC2)cc1. The second-order valence-corrected chi connectivity index (χ2v) is 4.43. The maximum Gasteiger partial charge on any atom is 0.0922 e. The number of aliphatic hydroxyl groups is 1. The summed E-state index contributed by atoms with van der Waals surface area (Å²) in [5.41, 5.74) is 1.56. The Hall–Kier alpha value is -0.900. The summed E-state index contributed by atoms with van der Waals surface area (Å²) in [5, 5.41) is 12.2. The van der Waals surface area contributed by atoms with E-state index in [1.807, 2.05) is 24.3 Å². The molecule has 0 aliphatic carbocycles. The van der Waals surface area contributed by atoms with Crippen LogP contribution in [0.25, 0.3) is 0 Å². The van der Waals surface area contributed by atoms with Gasteiger partial charge in [0.1, 0.15) is 0 Å². The third-order valence-corrected chi connectivity index (χ3v) is 3.21. The van der Waals surface area contributed by atoms with Crippen LogP contribution in [0.3, 0.4) is 0 Å². The molecule has 0 spiro atoms. The largest absolute Gasteiger partial charge is 0.385 e. The van der Waals surface area contributed by atoms with Gasteiger partial charge in [0.2, 0.25) is 0 Å². The summed E-state index contributed by atoms with van der Waals surface area (Å²) < 4.78 is 0. The number of hydrogen-bond donors (Lipinski definition) is 2.